The van der Waals surface area contributed by atoms with E-state index in [9.17, 15) is 4.79 Å². The maximum absolute atomic E-state index is 10.8. The summed E-state index contributed by atoms with van der Waals surface area (Å²) in [6.07, 6.45) is 0. The molecule has 0 amide bonds. The first kappa shape index (κ1) is 12.4. The first-order chi connectivity index (χ1) is 8.59. The molecule has 0 aliphatic rings. The summed E-state index contributed by atoms with van der Waals surface area (Å²) in [5.74, 6) is -0.445. The molecule has 18 heavy (non-hydrogen) atoms. The van der Waals surface area contributed by atoms with Crippen molar-refractivity contribution >= 4 is 5.97 Å². The number of carboxylic acids is 1. The van der Waals surface area contributed by atoms with Crippen LogP contribution in [0.1, 0.15) is 35.7 Å². The van der Waals surface area contributed by atoms with Crippen molar-refractivity contribution in [2.45, 2.75) is 19.8 Å². The quantitative estimate of drug-likeness (QED) is 0.874. The monoisotopic (exact) mass is 240 g/mol. The molecule has 0 radical (unpaired) electrons. The van der Waals surface area contributed by atoms with Gasteiger partial charge in [0.05, 0.1) is 5.56 Å². The number of carbonyl (C=O) groups is 1. The molecule has 0 aliphatic carbocycles. The van der Waals surface area contributed by atoms with Gasteiger partial charge < -0.3 is 5.11 Å². The molecular weight excluding hydrogens is 224 g/mol. The van der Waals surface area contributed by atoms with Gasteiger partial charge in [0.1, 0.15) is 0 Å². The Kier molecular flexibility index (Phi) is 3.47. The summed E-state index contributed by atoms with van der Waals surface area (Å²) in [7, 11) is 0. The highest BCUT2D eigenvalue weighted by Crippen LogP contribution is 2.29. The molecule has 0 atom stereocenters. The number of aromatic carboxylic acids is 1. The highest BCUT2D eigenvalue weighted by Gasteiger charge is 2.08. The van der Waals surface area contributed by atoms with Gasteiger partial charge in [0.25, 0.3) is 0 Å². The summed E-state index contributed by atoms with van der Waals surface area (Å²) in [5.41, 5.74) is 3.83. The maximum atomic E-state index is 10.8. The third kappa shape index (κ3) is 2.43. The molecule has 0 aromatic heterocycles. The number of hydrogen-bond acceptors (Lipinski definition) is 1. The van der Waals surface area contributed by atoms with Gasteiger partial charge in [-0.05, 0) is 34.7 Å². The molecule has 0 bridgehead atoms. The smallest absolute Gasteiger partial charge is 0.335 e. The predicted molar refractivity (Wildman–Crippen MR) is 72.9 cm³/mol. The first-order valence-electron chi connectivity index (χ1n) is 6.02. The van der Waals surface area contributed by atoms with Gasteiger partial charge in [0.2, 0.25) is 0 Å². The Morgan fingerprint density at radius 1 is 1.00 bits per heavy atom. The van der Waals surface area contributed by atoms with Crippen molar-refractivity contribution in [3.63, 3.8) is 0 Å². The van der Waals surface area contributed by atoms with Crippen LogP contribution in [0, 0.1) is 0 Å². The molecule has 0 heterocycles. The minimum Gasteiger partial charge on any atom is -0.478 e. The largest absolute Gasteiger partial charge is 0.478 e. The Bertz CT molecular complexity index is 554. The predicted octanol–water partition coefficient (Wildman–Crippen LogP) is 4.18. The van der Waals surface area contributed by atoms with Crippen molar-refractivity contribution in [2.24, 2.45) is 0 Å². The fourth-order valence-corrected chi connectivity index (χ4v) is 2.06. The topological polar surface area (TPSA) is 37.3 Å². The van der Waals surface area contributed by atoms with Gasteiger partial charge in [0.15, 0.2) is 0 Å². The van der Waals surface area contributed by atoms with Crippen LogP contribution in [0.2, 0.25) is 0 Å². The van der Waals surface area contributed by atoms with Gasteiger partial charge in [-0.2, -0.15) is 0 Å². The molecule has 0 fully saturated rings. The molecule has 0 saturated heterocycles. The van der Waals surface area contributed by atoms with E-state index in [1.807, 2.05) is 24.3 Å². The van der Waals surface area contributed by atoms with Gasteiger partial charge in [-0.15, -0.1) is 0 Å². The van der Waals surface area contributed by atoms with Gasteiger partial charge >= 0.3 is 5.97 Å². The molecule has 0 unspecified atom stereocenters. The molecule has 1 N–H and O–H groups in total. The normalized spacial score (nSPS) is 10.6. The van der Waals surface area contributed by atoms with Crippen molar-refractivity contribution in [1.29, 1.82) is 0 Å². The summed E-state index contributed by atoms with van der Waals surface area (Å²) in [6.45, 7) is 4.31. The van der Waals surface area contributed by atoms with E-state index in [-0.39, 0.29) is 0 Å². The SMILES string of the molecule is CC(C)c1ccccc1-c1ccc(C(=O)O)cc1. The van der Waals surface area contributed by atoms with Crippen LogP contribution < -0.4 is 0 Å². The minimum absolute atomic E-state index is 0.320. The van der Waals surface area contributed by atoms with Crippen molar-refractivity contribution in [3.8, 4) is 11.1 Å². The van der Waals surface area contributed by atoms with E-state index >= 15 is 0 Å². The minimum atomic E-state index is -0.890. The Balaban J connectivity index is 2.46. The second-order valence-electron chi connectivity index (χ2n) is 4.62. The lowest BCUT2D eigenvalue weighted by Crippen LogP contribution is -1.96. The Morgan fingerprint density at radius 3 is 2.17 bits per heavy atom. The number of rotatable bonds is 3. The first-order valence-corrected chi connectivity index (χ1v) is 6.02. The zero-order valence-corrected chi connectivity index (χ0v) is 10.6. The summed E-state index contributed by atoms with van der Waals surface area (Å²) >= 11 is 0. The molecule has 0 spiro atoms. The number of carboxylic acid groups (broad SMARTS) is 1. The Morgan fingerprint density at radius 2 is 1.61 bits per heavy atom. The van der Waals surface area contributed by atoms with Crippen LogP contribution in [0.25, 0.3) is 11.1 Å². The summed E-state index contributed by atoms with van der Waals surface area (Å²) in [5, 5.41) is 8.89. The molecule has 2 heteroatoms. The zero-order valence-electron chi connectivity index (χ0n) is 10.6. The second-order valence-corrected chi connectivity index (χ2v) is 4.62. The average Bonchev–Trinajstić information content (AvgIpc) is 2.39. The highest BCUT2D eigenvalue weighted by atomic mass is 16.4. The lowest BCUT2D eigenvalue weighted by molar-refractivity contribution is 0.0697. The third-order valence-electron chi connectivity index (χ3n) is 3.03. The standard InChI is InChI=1S/C16H16O2/c1-11(2)14-5-3-4-6-15(14)12-7-9-13(10-8-12)16(17)18/h3-11H,1-2H3,(H,17,18). The third-order valence-corrected chi connectivity index (χ3v) is 3.03. The second kappa shape index (κ2) is 5.05. The molecule has 2 aromatic carbocycles. The molecule has 2 rings (SSSR count). The van der Waals surface area contributed by atoms with E-state index in [2.05, 4.69) is 26.0 Å². The van der Waals surface area contributed by atoms with Crippen LogP contribution >= 0.6 is 0 Å². The van der Waals surface area contributed by atoms with Crippen molar-refractivity contribution in [3.05, 3.63) is 59.7 Å². The van der Waals surface area contributed by atoms with E-state index in [1.165, 1.54) is 11.1 Å². The van der Waals surface area contributed by atoms with Crippen LogP contribution in [-0.4, -0.2) is 11.1 Å². The Labute approximate surface area is 107 Å². The summed E-state index contributed by atoms with van der Waals surface area (Å²) < 4.78 is 0. The summed E-state index contributed by atoms with van der Waals surface area (Å²) in [6, 6.07) is 15.3. The fourth-order valence-electron chi connectivity index (χ4n) is 2.06. The van der Waals surface area contributed by atoms with Crippen LogP contribution in [0.3, 0.4) is 0 Å². The van der Waals surface area contributed by atoms with Crippen molar-refractivity contribution in [2.75, 3.05) is 0 Å². The van der Waals surface area contributed by atoms with Crippen LogP contribution in [0.5, 0.6) is 0 Å². The van der Waals surface area contributed by atoms with E-state index in [1.54, 1.807) is 12.1 Å². The van der Waals surface area contributed by atoms with E-state index < -0.39 is 5.97 Å². The average molecular weight is 240 g/mol. The number of hydrogen-bond donors (Lipinski definition) is 1. The van der Waals surface area contributed by atoms with Gasteiger partial charge in [-0.25, -0.2) is 4.79 Å². The highest BCUT2D eigenvalue weighted by molar-refractivity contribution is 5.88. The number of benzene rings is 2. The molecule has 92 valence electrons. The molecule has 2 aromatic rings. The van der Waals surface area contributed by atoms with E-state index in [0.717, 1.165) is 5.56 Å². The van der Waals surface area contributed by atoms with Crippen molar-refractivity contribution in [1.82, 2.24) is 0 Å². The molecule has 0 saturated carbocycles. The molecule has 0 aliphatic heterocycles. The van der Waals surface area contributed by atoms with Crippen LogP contribution in [0.15, 0.2) is 48.5 Å². The molecular formula is C16H16O2. The zero-order chi connectivity index (χ0) is 13.1. The summed E-state index contributed by atoms with van der Waals surface area (Å²) in [4.78, 5) is 10.8. The van der Waals surface area contributed by atoms with Gasteiger partial charge in [-0.1, -0.05) is 50.2 Å². The van der Waals surface area contributed by atoms with Gasteiger partial charge in [-0.3, -0.25) is 0 Å². The van der Waals surface area contributed by atoms with E-state index in [4.69, 9.17) is 5.11 Å². The fraction of sp³-hybridized carbons (Fsp3) is 0.188. The van der Waals surface area contributed by atoms with Crippen molar-refractivity contribution < 1.29 is 9.90 Å². The maximum Gasteiger partial charge on any atom is 0.335 e. The van der Waals surface area contributed by atoms with E-state index in [0.29, 0.717) is 11.5 Å². The lowest BCUT2D eigenvalue weighted by Gasteiger charge is -2.12. The van der Waals surface area contributed by atoms with Gasteiger partial charge in [0, 0.05) is 0 Å². The lowest BCUT2D eigenvalue weighted by atomic mass is 9.92. The molecule has 2 nitrogen and oxygen atoms in total. The van der Waals surface area contributed by atoms with Crippen LogP contribution in [0.4, 0.5) is 0 Å². The Hall–Kier alpha value is -2.09. The van der Waals surface area contributed by atoms with Crippen LogP contribution in [-0.2, 0) is 0 Å².